The van der Waals surface area contributed by atoms with E-state index in [0.29, 0.717) is 0 Å². The molecular formula is C17H21N3O2S. The Labute approximate surface area is 140 Å². The highest BCUT2D eigenvalue weighted by atomic mass is 32.1. The molecule has 0 aromatic carbocycles. The van der Waals surface area contributed by atoms with Gasteiger partial charge in [0.05, 0.1) is 18.1 Å². The molecule has 0 unspecified atom stereocenters. The molecule has 2 aromatic heterocycles. The largest absolute Gasteiger partial charge is 0.379 e. The van der Waals surface area contributed by atoms with E-state index in [1.165, 1.54) is 11.3 Å². The number of hydrogen-bond acceptors (Lipinski definition) is 6. The number of morpholine rings is 1. The zero-order valence-corrected chi connectivity index (χ0v) is 14.1. The highest BCUT2D eigenvalue weighted by molar-refractivity contribution is 7.17. The van der Waals surface area contributed by atoms with Crippen molar-refractivity contribution < 1.29 is 9.53 Å². The van der Waals surface area contributed by atoms with Crippen molar-refractivity contribution in [3.05, 3.63) is 35.3 Å². The minimum absolute atomic E-state index is 0.107. The van der Waals surface area contributed by atoms with Crippen LogP contribution in [0.5, 0.6) is 0 Å². The Morgan fingerprint density at radius 1 is 1.30 bits per heavy atom. The predicted octanol–water partition coefficient (Wildman–Crippen LogP) is 2.76. The van der Waals surface area contributed by atoms with Gasteiger partial charge in [-0.3, -0.25) is 9.69 Å². The topological polar surface area (TPSA) is 54.5 Å². The van der Waals surface area contributed by atoms with Crippen LogP contribution in [0.25, 0.3) is 10.4 Å². The fraction of sp³-hybridized carbons (Fsp3) is 0.412. The van der Waals surface area contributed by atoms with E-state index in [1.807, 2.05) is 30.5 Å². The molecule has 1 N–H and O–H groups in total. The van der Waals surface area contributed by atoms with E-state index in [2.05, 4.69) is 15.2 Å². The number of pyridine rings is 1. The molecule has 3 rings (SSSR count). The van der Waals surface area contributed by atoms with Gasteiger partial charge in [0.25, 0.3) is 0 Å². The van der Waals surface area contributed by atoms with Crippen LogP contribution in [-0.2, 0) is 4.74 Å². The van der Waals surface area contributed by atoms with Gasteiger partial charge in [-0.2, -0.15) is 0 Å². The molecule has 0 atom stereocenters. The number of aromatic nitrogens is 1. The summed E-state index contributed by atoms with van der Waals surface area (Å²) in [6.07, 6.45) is 1.85. The summed E-state index contributed by atoms with van der Waals surface area (Å²) >= 11 is 1.51. The van der Waals surface area contributed by atoms with E-state index in [-0.39, 0.29) is 5.78 Å². The van der Waals surface area contributed by atoms with E-state index in [1.54, 1.807) is 6.92 Å². The van der Waals surface area contributed by atoms with Crippen molar-refractivity contribution in [3.63, 3.8) is 0 Å². The minimum Gasteiger partial charge on any atom is -0.379 e. The third-order valence-corrected chi connectivity index (χ3v) is 5.07. The Kier molecular flexibility index (Phi) is 5.38. The summed E-state index contributed by atoms with van der Waals surface area (Å²) in [5.41, 5.74) is 1.04. The molecule has 23 heavy (non-hydrogen) atoms. The monoisotopic (exact) mass is 331 g/mol. The molecule has 0 spiro atoms. The van der Waals surface area contributed by atoms with Gasteiger partial charge in [0.15, 0.2) is 5.78 Å². The van der Waals surface area contributed by atoms with E-state index < -0.39 is 0 Å². The van der Waals surface area contributed by atoms with Crippen molar-refractivity contribution in [1.82, 2.24) is 9.88 Å². The number of anilines is 1. The normalized spacial score (nSPS) is 15.5. The van der Waals surface area contributed by atoms with Gasteiger partial charge in [-0.15, -0.1) is 11.3 Å². The first kappa shape index (κ1) is 16.1. The zero-order valence-electron chi connectivity index (χ0n) is 13.2. The van der Waals surface area contributed by atoms with E-state index in [9.17, 15) is 4.79 Å². The number of nitrogens with one attached hydrogen (secondary N) is 1. The van der Waals surface area contributed by atoms with Crippen LogP contribution >= 0.6 is 11.3 Å². The van der Waals surface area contributed by atoms with Gasteiger partial charge in [0, 0.05) is 42.8 Å². The maximum atomic E-state index is 11.4. The number of hydrogen-bond donors (Lipinski definition) is 1. The Bertz CT molecular complexity index is 648. The van der Waals surface area contributed by atoms with Crippen LogP contribution in [0.3, 0.4) is 0 Å². The lowest BCUT2D eigenvalue weighted by molar-refractivity contribution is 0.0398. The summed E-state index contributed by atoms with van der Waals surface area (Å²) in [5.74, 6) is 0.987. The molecule has 0 aliphatic carbocycles. The average molecular weight is 331 g/mol. The van der Waals surface area contributed by atoms with Gasteiger partial charge in [-0.1, -0.05) is 0 Å². The second-order valence-electron chi connectivity index (χ2n) is 5.53. The van der Waals surface area contributed by atoms with Crippen molar-refractivity contribution in [2.24, 2.45) is 0 Å². The minimum atomic E-state index is 0.107. The van der Waals surface area contributed by atoms with Crippen molar-refractivity contribution >= 4 is 22.9 Å². The predicted molar refractivity (Wildman–Crippen MR) is 93.3 cm³/mol. The number of ether oxygens (including phenoxy) is 1. The van der Waals surface area contributed by atoms with Crippen molar-refractivity contribution in [2.75, 3.05) is 44.7 Å². The zero-order chi connectivity index (χ0) is 16.1. The first-order valence-electron chi connectivity index (χ1n) is 7.83. The van der Waals surface area contributed by atoms with Crippen LogP contribution in [-0.4, -0.2) is 55.1 Å². The molecule has 5 nitrogen and oxygen atoms in total. The molecule has 0 amide bonds. The summed E-state index contributed by atoms with van der Waals surface area (Å²) in [4.78, 5) is 20.1. The van der Waals surface area contributed by atoms with E-state index >= 15 is 0 Å². The Morgan fingerprint density at radius 2 is 2.13 bits per heavy atom. The third kappa shape index (κ3) is 4.37. The van der Waals surface area contributed by atoms with Crippen LogP contribution < -0.4 is 5.32 Å². The summed E-state index contributed by atoms with van der Waals surface area (Å²) in [6.45, 7) is 7.14. The standard InChI is InChI=1S/C17H21N3O2S/c1-13(21)15-3-4-16(23-15)14-2-5-17(19-12-14)18-6-7-20-8-10-22-11-9-20/h2-5,12H,6-11H2,1H3,(H,18,19). The lowest BCUT2D eigenvalue weighted by Crippen LogP contribution is -2.39. The molecule has 0 saturated carbocycles. The molecule has 1 aliphatic rings. The van der Waals surface area contributed by atoms with Crippen molar-refractivity contribution in [2.45, 2.75) is 6.92 Å². The van der Waals surface area contributed by atoms with Gasteiger partial charge in [-0.25, -0.2) is 4.98 Å². The van der Waals surface area contributed by atoms with Crippen LogP contribution in [0.4, 0.5) is 5.82 Å². The lowest BCUT2D eigenvalue weighted by Gasteiger charge is -2.26. The number of ketones is 1. The summed E-state index contributed by atoms with van der Waals surface area (Å²) in [5, 5.41) is 3.35. The first-order valence-corrected chi connectivity index (χ1v) is 8.65. The van der Waals surface area contributed by atoms with Gasteiger partial charge in [0.1, 0.15) is 5.82 Å². The molecule has 6 heteroatoms. The number of carbonyl (C=O) groups is 1. The summed E-state index contributed by atoms with van der Waals surface area (Å²) in [6, 6.07) is 7.88. The number of Topliss-reactive ketones (excluding diaryl/α,β-unsaturated/α-hetero) is 1. The molecule has 122 valence electrons. The van der Waals surface area contributed by atoms with E-state index in [4.69, 9.17) is 4.74 Å². The van der Waals surface area contributed by atoms with Gasteiger partial charge in [-0.05, 0) is 31.2 Å². The van der Waals surface area contributed by atoms with E-state index in [0.717, 1.165) is 60.5 Å². The maximum absolute atomic E-state index is 11.4. The van der Waals surface area contributed by atoms with Crippen LogP contribution in [0.2, 0.25) is 0 Å². The fourth-order valence-electron chi connectivity index (χ4n) is 2.49. The molecule has 3 heterocycles. The number of thiophene rings is 1. The summed E-state index contributed by atoms with van der Waals surface area (Å²) in [7, 11) is 0. The third-order valence-electron chi connectivity index (χ3n) is 3.84. The highest BCUT2D eigenvalue weighted by Crippen LogP contribution is 2.28. The second kappa shape index (κ2) is 7.68. The first-order chi connectivity index (χ1) is 11.2. The van der Waals surface area contributed by atoms with Gasteiger partial charge in [0.2, 0.25) is 0 Å². The summed E-state index contributed by atoms with van der Waals surface area (Å²) < 4.78 is 5.34. The van der Waals surface area contributed by atoms with Gasteiger partial charge >= 0.3 is 0 Å². The second-order valence-corrected chi connectivity index (χ2v) is 6.62. The molecule has 0 bridgehead atoms. The molecule has 1 aliphatic heterocycles. The number of nitrogens with zero attached hydrogens (tertiary/aromatic N) is 2. The van der Waals surface area contributed by atoms with Crippen LogP contribution in [0.1, 0.15) is 16.6 Å². The lowest BCUT2D eigenvalue weighted by atomic mass is 10.2. The quantitative estimate of drug-likeness (QED) is 0.825. The fourth-order valence-corrected chi connectivity index (χ4v) is 3.38. The smallest absolute Gasteiger partial charge is 0.169 e. The number of carbonyl (C=O) groups excluding carboxylic acids is 1. The van der Waals surface area contributed by atoms with Gasteiger partial charge < -0.3 is 10.1 Å². The molecule has 1 saturated heterocycles. The Hall–Kier alpha value is -1.76. The molecule has 1 fully saturated rings. The van der Waals surface area contributed by atoms with Crippen LogP contribution in [0, 0.1) is 0 Å². The highest BCUT2D eigenvalue weighted by Gasteiger charge is 2.10. The van der Waals surface area contributed by atoms with Crippen molar-refractivity contribution in [1.29, 1.82) is 0 Å². The maximum Gasteiger partial charge on any atom is 0.169 e. The molecule has 2 aromatic rings. The average Bonchev–Trinajstić information content (AvgIpc) is 3.07. The van der Waals surface area contributed by atoms with Crippen LogP contribution in [0.15, 0.2) is 30.5 Å². The molecule has 0 radical (unpaired) electrons. The van der Waals surface area contributed by atoms with Crippen molar-refractivity contribution in [3.8, 4) is 10.4 Å². The SMILES string of the molecule is CC(=O)c1ccc(-c2ccc(NCCN3CCOCC3)nc2)s1. The Balaban J connectivity index is 1.53. The molecular weight excluding hydrogens is 310 g/mol. The number of rotatable bonds is 6. The Morgan fingerprint density at radius 3 is 2.78 bits per heavy atom.